The van der Waals surface area contributed by atoms with Crippen molar-refractivity contribution >= 4 is 17.8 Å². The van der Waals surface area contributed by atoms with Gasteiger partial charge in [-0.2, -0.15) is 0 Å². The highest BCUT2D eigenvalue weighted by molar-refractivity contribution is 5.94. The molecule has 0 radical (unpaired) electrons. The predicted octanol–water partition coefficient (Wildman–Crippen LogP) is 2.99. The molecule has 2 aromatic rings. The molecule has 0 aliphatic carbocycles. The number of nitrogens with zero attached hydrogens (tertiary/aromatic N) is 1. The highest BCUT2D eigenvalue weighted by atomic mass is 16.4. The quantitative estimate of drug-likeness (QED) is 0.756. The number of carbonyl (C=O) groups is 3. The molecule has 2 N–H and O–H groups in total. The molecule has 1 fully saturated rings. The van der Waals surface area contributed by atoms with Crippen molar-refractivity contribution < 1.29 is 19.5 Å². The Hall–Kier alpha value is -3.15. The van der Waals surface area contributed by atoms with Crippen molar-refractivity contribution in [2.75, 3.05) is 19.6 Å². The number of likely N-dealkylation sites (tertiary alicyclic amines) is 1. The van der Waals surface area contributed by atoms with E-state index in [1.165, 1.54) is 0 Å². The van der Waals surface area contributed by atoms with E-state index in [1.807, 2.05) is 23.1 Å². The summed E-state index contributed by atoms with van der Waals surface area (Å²) < 4.78 is 0. The molecule has 1 aliphatic heterocycles. The van der Waals surface area contributed by atoms with E-state index in [0.717, 1.165) is 12.8 Å². The van der Waals surface area contributed by atoms with Crippen LogP contribution in [0.15, 0.2) is 54.6 Å². The normalized spacial score (nSPS) is 16.3. The molecule has 1 heterocycles. The molecule has 0 spiro atoms. The zero-order chi connectivity index (χ0) is 20.6. The fraction of sp³-hybridized carbons (Fsp3) is 0.348. The molecule has 6 nitrogen and oxygen atoms in total. The monoisotopic (exact) mass is 394 g/mol. The molecule has 152 valence electrons. The molecule has 0 aromatic heterocycles. The van der Waals surface area contributed by atoms with E-state index < -0.39 is 5.97 Å². The first-order valence-corrected chi connectivity index (χ1v) is 9.97. The Morgan fingerprint density at radius 2 is 1.76 bits per heavy atom. The van der Waals surface area contributed by atoms with Crippen LogP contribution >= 0.6 is 0 Å². The smallest absolute Gasteiger partial charge is 0.335 e. The molecule has 6 heteroatoms. The number of carboxylic acid groups (broad SMARTS) is 1. The van der Waals surface area contributed by atoms with Crippen molar-refractivity contribution in [3.8, 4) is 0 Å². The molecule has 2 aromatic carbocycles. The fourth-order valence-electron chi connectivity index (χ4n) is 3.73. The van der Waals surface area contributed by atoms with Crippen LogP contribution < -0.4 is 5.32 Å². The maximum absolute atomic E-state index is 12.6. The largest absolute Gasteiger partial charge is 0.478 e. The topological polar surface area (TPSA) is 86.7 Å². The van der Waals surface area contributed by atoms with Crippen molar-refractivity contribution in [3.05, 3.63) is 71.3 Å². The number of nitrogens with one attached hydrogen (secondary N) is 1. The maximum atomic E-state index is 12.6. The minimum absolute atomic E-state index is 0.0317. The van der Waals surface area contributed by atoms with E-state index >= 15 is 0 Å². The number of hydrogen-bond donors (Lipinski definition) is 2. The standard InChI is InChI=1S/C23H26N2O4/c26-21(13-12-18-8-4-5-11-20(18)23(28)29)25-14-6-7-17(16-25)15-24-22(27)19-9-2-1-3-10-19/h1-5,8-11,17H,6-7,12-16H2,(H,24,27)(H,28,29). The predicted molar refractivity (Wildman–Crippen MR) is 110 cm³/mol. The third-order valence-electron chi connectivity index (χ3n) is 5.31. The van der Waals surface area contributed by atoms with Gasteiger partial charge in [0.2, 0.25) is 5.91 Å². The number of rotatable bonds is 7. The third kappa shape index (κ3) is 5.67. The van der Waals surface area contributed by atoms with E-state index in [0.29, 0.717) is 37.2 Å². The molecule has 0 saturated carbocycles. The first-order chi connectivity index (χ1) is 14.0. The molecular formula is C23H26N2O4. The second-order valence-electron chi connectivity index (χ2n) is 7.39. The van der Waals surface area contributed by atoms with E-state index in [2.05, 4.69) is 5.32 Å². The number of hydrogen-bond acceptors (Lipinski definition) is 3. The highest BCUT2D eigenvalue weighted by Gasteiger charge is 2.24. The minimum Gasteiger partial charge on any atom is -0.478 e. The zero-order valence-electron chi connectivity index (χ0n) is 16.3. The molecule has 29 heavy (non-hydrogen) atoms. The van der Waals surface area contributed by atoms with Gasteiger partial charge in [-0.05, 0) is 48.9 Å². The van der Waals surface area contributed by atoms with Gasteiger partial charge in [-0.25, -0.2) is 4.79 Å². The lowest BCUT2D eigenvalue weighted by Gasteiger charge is -2.33. The lowest BCUT2D eigenvalue weighted by Crippen LogP contribution is -2.43. The van der Waals surface area contributed by atoms with Crippen LogP contribution in [0.2, 0.25) is 0 Å². The number of carboxylic acids is 1. The van der Waals surface area contributed by atoms with Gasteiger partial charge in [0.05, 0.1) is 5.56 Å². The van der Waals surface area contributed by atoms with Crippen molar-refractivity contribution in [1.82, 2.24) is 10.2 Å². The number of aromatic carboxylic acids is 1. The lowest BCUT2D eigenvalue weighted by atomic mass is 9.96. The van der Waals surface area contributed by atoms with Gasteiger partial charge >= 0.3 is 5.97 Å². The average molecular weight is 394 g/mol. The minimum atomic E-state index is -0.972. The van der Waals surface area contributed by atoms with Crippen LogP contribution in [0.1, 0.15) is 45.5 Å². The maximum Gasteiger partial charge on any atom is 0.335 e. The first-order valence-electron chi connectivity index (χ1n) is 9.97. The summed E-state index contributed by atoms with van der Waals surface area (Å²) in [5.41, 5.74) is 1.56. The first kappa shape index (κ1) is 20.6. The Labute approximate surface area is 170 Å². The summed E-state index contributed by atoms with van der Waals surface area (Å²) in [6.07, 6.45) is 2.57. The van der Waals surface area contributed by atoms with Gasteiger partial charge < -0.3 is 15.3 Å². The Bertz CT molecular complexity index is 866. The Kier molecular flexibility index (Phi) is 7.00. The summed E-state index contributed by atoms with van der Waals surface area (Å²) >= 11 is 0. The Balaban J connectivity index is 1.49. The van der Waals surface area contributed by atoms with Crippen LogP contribution in [0.4, 0.5) is 0 Å². The molecule has 1 atom stereocenters. The van der Waals surface area contributed by atoms with Crippen molar-refractivity contribution in [2.45, 2.75) is 25.7 Å². The number of carbonyl (C=O) groups excluding carboxylic acids is 2. The van der Waals surface area contributed by atoms with Crippen molar-refractivity contribution in [2.24, 2.45) is 5.92 Å². The number of aryl methyl sites for hydroxylation is 1. The van der Waals surface area contributed by atoms with Gasteiger partial charge in [-0.15, -0.1) is 0 Å². The molecule has 3 rings (SSSR count). The molecule has 0 bridgehead atoms. The summed E-state index contributed by atoms with van der Waals surface area (Å²) in [7, 11) is 0. The van der Waals surface area contributed by atoms with Gasteiger partial charge in [-0.3, -0.25) is 9.59 Å². The van der Waals surface area contributed by atoms with Gasteiger partial charge in [0.25, 0.3) is 5.91 Å². The molecular weight excluding hydrogens is 368 g/mol. The number of amides is 2. The summed E-state index contributed by atoms with van der Waals surface area (Å²) in [5.74, 6) is -0.810. The van der Waals surface area contributed by atoms with Gasteiger partial charge in [-0.1, -0.05) is 36.4 Å². The lowest BCUT2D eigenvalue weighted by molar-refractivity contribution is -0.132. The highest BCUT2D eigenvalue weighted by Crippen LogP contribution is 2.18. The van der Waals surface area contributed by atoms with E-state index in [1.54, 1.807) is 36.4 Å². The number of piperidine rings is 1. The van der Waals surface area contributed by atoms with Crippen LogP contribution in [0, 0.1) is 5.92 Å². The van der Waals surface area contributed by atoms with Gasteiger partial charge in [0.15, 0.2) is 0 Å². The Morgan fingerprint density at radius 1 is 1.03 bits per heavy atom. The molecule has 1 unspecified atom stereocenters. The zero-order valence-corrected chi connectivity index (χ0v) is 16.3. The summed E-state index contributed by atoms with van der Waals surface area (Å²) in [6, 6.07) is 15.9. The molecule has 2 amide bonds. The van der Waals surface area contributed by atoms with Crippen LogP contribution in [0.25, 0.3) is 0 Å². The van der Waals surface area contributed by atoms with Gasteiger partial charge in [0.1, 0.15) is 0 Å². The van der Waals surface area contributed by atoms with Gasteiger partial charge in [0, 0.05) is 31.6 Å². The van der Waals surface area contributed by atoms with Crippen LogP contribution in [-0.4, -0.2) is 47.4 Å². The van der Waals surface area contributed by atoms with Crippen LogP contribution in [0.3, 0.4) is 0 Å². The second-order valence-corrected chi connectivity index (χ2v) is 7.39. The fourth-order valence-corrected chi connectivity index (χ4v) is 3.73. The summed E-state index contributed by atoms with van der Waals surface area (Å²) in [4.78, 5) is 38.0. The number of benzene rings is 2. The van der Waals surface area contributed by atoms with Crippen LogP contribution in [0.5, 0.6) is 0 Å². The van der Waals surface area contributed by atoms with Crippen molar-refractivity contribution in [3.63, 3.8) is 0 Å². The third-order valence-corrected chi connectivity index (χ3v) is 5.31. The van der Waals surface area contributed by atoms with Crippen molar-refractivity contribution in [1.29, 1.82) is 0 Å². The van der Waals surface area contributed by atoms with E-state index in [4.69, 9.17) is 0 Å². The SMILES string of the molecule is O=C(NCC1CCCN(C(=O)CCc2ccccc2C(=O)O)C1)c1ccccc1. The Morgan fingerprint density at radius 3 is 2.52 bits per heavy atom. The summed E-state index contributed by atoms with van der Waals surface area (Å²) in [5, 5.41) is 12.2. The molecule has 1 saturated heterocycles. The molecule has 1 aliphatic rings. The average Bonchev–Trinajstić information content (AvgIpc) is 2.76. The van der Waals surface area contributed by atoms with E-state index in [9.17, 15) is 19.5 Å². The summed E-state index contributed by atoms with van der Waals surface area (Å²) in [6.45, 7) is 1.87. The van der Waals surface area contributed by atoms with E-state index in [-0.39, 0.29) is 29.7 Å². The second kappa shape index (κ2) is 9.87. The van der Waals surface area contributed by atoms with Crippen LogP contribution in [-0.2, 0) is 11.2 Å².